The Morgan fingerprint density at radius 3 is 2.12 bits per heavy atom. The van der Waals surface area contributed by atoms with Crippen molar-refractivity contribution in [2.75, 3.05) is 0 Å². The molecule has 0 amide bonds. The molecule has 0 aliphatic carbocycles. The first-order valence-electron chi connectivity index (χ1n) is 5.22. The Morgan fingerprint density at radius 2 is 1.69 bits per heavy atom. The molecular weight excluding hydrogens is 241 g/mol. The molecule has 0 aliphatic rings. The van der Waals surface area contributed by atoms with Gasteiger partial charge >= 0.3 is 0 Å². The highest BCUT2D eigenvalue weighted by atomic mass is 32.8. The molecule has 0 fully saturated rings. The van der Waals surface area contributed by atoms with E-state index in [1.807, 2.05) is 12.1 Å². The van der Waals surface area contributed by atoms with Crippen LogP contribution in [0.3, 0.4) is 0 Å². The first-order valence-corrected chi connectivity index (χ1v) is 8.70. The molecule has 0 saturated carbocycles. The second-order valence-corrected chi connectivity index (χ2v) is 8.59. The van der Waals surface area contributed by atoms with Crippen LogP contribution < -0.4 is 5.14 Å². The fourth-order valence-corrected chi connectivity index (χ4v) is 3.16. The maximum Gasteiger partial charge on any atom is 0.222 e. The van der Waals surface area contributed by atoms with E-state index in [0.29, 0.717) is 12.1 Å². The molecule has 16 heavy (non-hydrogen) atoms. The lowest BCUT2D eigenvalue weighted by Crippen LogP contribution is -2.04. The van der Waals surface area contributed by atoms with Crippen molar-refractivity contribution >= 4 is 17.4 Å². The summed E-state index contributed by atoms with van der Waals surface area (Å²) in [5.74, 6) is 0.636. The van der Waals surface area contributed by atoms with Crippen molar-refractivity contribution in [3.63, 3.8) is 0 Å². The first kappa shape index (κ1) is 13.6. The van der Waals surface area contributed by atoms with Crippen LogP contribution in [-0.2, 0) is 22.2 Å². The van der Waals surface area contributed by atoms with E-state index in [9.17, 15) is 8.42 Å². The van der Waals surface area contributed by atoms with Crippen molar-refractivity contribution in [2.24, 2.45) is 11.1 Å². The van der Waals surface area contributed by atoms with Gasteiger partial charge in [0.2, 0.25) is 9.64 Å². The van der Waals surface area contributed by atoms with Gasteiger partial charge in [0.1, 0.15) is 0 Å². The Labute approximate surface area is 99.0 Å². The molecule has 1 aromatic carbocycles. The van der Waals surface area contributed by atoms with Gasteiger partial charge in [-0.05, 0) is 23.5 Å². The van der Waals surface area contributed by atoms with Crippen LogP contribution in [0, 0.1) is 5.92 Å². The SMILES string of the molecule is CC(C)Cc1ccc(CPS(N)(=O)=O)cc1. The lowest BCUT2D eigenvalue weighted by Gasteiger charge is -2.06. The first-order chi connectivity index (χ1) is 7.37. The molecule has 1 unspecified atom stereocenters. The summed E-state index contributed by atoms with van der Waals surface area (Å²) in [7, 11) is -3.56. The monoisotopic (exact) mass is 259 g/mol. The predicted molar refractivity (Wildman–Crippen MR) is 70.1 cm³/mol. The molecule has 0 aromatic heterocycles. The zero-order chi connectivity index (χ0) is 12.2. The molecule has 1 atom stereocenters. The number of rotatable bonds is 5. The Hall–Kier alpha value is -0.440. The van der Waals surface area contributed by atoms with Gasteiger partial charge in [-0.15, -0.1) is 0 Å². The van der Waals surface area contributed by atoms with E-state index in [2.05, 4.69) is 26.0 Å². The van der Waals surface area contributed by atoms with Crippen LogP contribution in [0.2, 0.25) is 0 Å². The van der Waals surface area contributed by atoms with E-state index >= 15 is 0 Å². The smallest absolute Gasteiger partial charge is 0.222 e. The fraction of sp³-hybridized carbons (Fsp3) is 0.455. The minimum absolute atomic E-state index is 0.238. The van der Waals surface area contributed by atoms with Crippen LogP contribution in [-0.4, -0.2) is 8.42 Å². The van der Waals surface area contributed by atoms with Gasteiger partial charge < -0.3 is 0 Å². The van der Waals surface area contributed by atoms with Gasteiger partial charge in [-0.2, -0.15) is 0 Å². The van der Waals surface area contributed by atoms with Gasteiger partial charge in [-0.1, -0.05) is 38.1 Å². The average molecular weight is 259 g/mol. The summed E-state index contributed by atoms with van der Waals surface area (Å²) in [5.41, 5.74) is 2.32. The summed E-state index contributed by atoms with van der Waals surface area (Å²) in [6.07, 6.45) is 1.57. The lowest BCUT2D eigenvalue weighted by molar-refractivity contribution is 0.611. The topological polar surface area (TPSA) is 60.2 Å². The zero-order valence-corrected chi connectivity index (χ0v) is 11.4. The van der Waals surface area contributed by atoms with Crippen LogP contribution >= 0.6 is 7.78 Å². The fourth-order valence-electron chi connectivity index (χ4n) is 1.45. The highest BCUT2D eigenvalue weighted by Gasteiger charge is 2.03. The minimum atomic E-state index is -3.32. The maximum absolute atomic E-state index is 10.8. The molecule has 3 nitrogen and oxygen atoms in total. The van der Waals surface area contributed by atoms with Gasteiger partial charge in [0.05, 0.1) is 0 Å². The van der Waals surface area contributed by atoms with Crippen molar-refractivity contribution in [3.05, 3.63) is 35.4 Å². The predicted octanol–water partition coefficient (Wildman–Crippen LogP) is 2.27. The summed E-state index contributed by atoms with van der Waals surface area (Å²) in [6, 6.07) is 8.08. The van der Waals surface area contributed by atoms with Gasteiger partial charge in [-0.25, -0.2) is 13.6 Å². The third-order valence-electron chi connectivity index (χ3n) is 2.14. The lowest BCUT2D eigenvalue weighted by atomic mass is 10.0. The molecule has 0 saturated heterocycles. The second kappa shape index (κ2) is 5.76. The van der Waals surface area contributed by atoms with Crippen molar-refractivity contribution in [2.45, 2.75) is 26.4 Å². The third-order valence-corrected chi connectivity index (χ3v) is 4.74. The molecule has 0 heterocycles. The van der Waals surface area contributed by atoms with Crippen LogP contribution in [0.15, 0.2) is 24.3 Å². The van der Waals surface area contributed by atoms with Gasteiger partial charge in [0.15, 0.2) is 0 Å². The van der Waals surface area contributed by atoms with Crippen molar-refractivity contribution < 1.29 is 8.42 Å². The maximum atomic E-state index is 10.8. The van der Waals surface area contributed by atoms with Crippen LogP contribution in [0.1, 0.15) is 25.0 Å². The Morgan fingerprint density at radius 1 is 1.19 bits per heavy atom. The summed E-state index contributed by atoms with van der Waals surface area (Å²) in [4.78, 5) is 0. The molecule has 2 N–H and O–H groups in total. The molecule has 0 spiro atoms. The standard InChI is InChI=1S/C11H18NO2PS/c1-9(2)7-10-3-5-11(6-4-10)8-15-16(12,13)14/h3-6,9,15H,7-8H2,1-2H3,(H2,12,13,14). The number of nitrogens with two attached hydrogens (primary N) is 1. The molecule has 90 valence electrons. The van der Waals surface area contributed by atoms with Crippen LogP contribution in [0.4, 0.5) is 0 Å². The van der Waals surface area contributed by atoms with Gasteiger partial charge in [0.25, 0.3) is 0 Å². The number of hydrogen-bond acceptors (Lipinski definition) is 2. The Balaban J connectivity index is 2.58. The summed E-state index contributed by atoms with van der Waals surface area (Å²) < 4.78 is 21.6. The van der Waals surface area contributed by atoms with Crippen molar-refractivity contribution in [1.29, 1.82) is 0 Å². The molecular formula is C11H18NO2PS. The number of benzene rings is 1. The molecule has 0 aliphatic heterocycles. The highest BCUT2D eigenvalue weighted by molar-refractivity contribution is 8.42. The third kappa shape index (κ3) is 5.59. The molecule has 0 radical (unpaired) electrons. The summed E-state index contributed by atoms with van der Waals surface area (Å²) in [5, 5.41) is 4.96. The van der Waals surface area contributed by atoms with Crippen LogP contribution in [0.25, 0.3) is 0 Å². The average Bonchev–Trinajstić information content (AvgIpc) is 2.14. The Kier molecular flexibility index (Phi) is 4.90. The Bertz CT molecular complexity index is 426. The zero-order valence-electron chi connectivity index (χ0n) is 9.60. The summed E-state index contributed by atoms with van der Waals surface area (Å²) >= 11 is 0. The second-order valence-electron chi connectivity index (χ2n) is 4.28. The normalized spacial score (nSPS) is 12.8. The van der Waals surface area contributed by atoms with E-state index in [-0.39, 0.29) is 7.78 Å². The minimum Gasteiger partial charge on any atom is -0.226 e. The van der Waals surface area contributed by atoms with Gasteiger partial charge in [0, 0.05) is 13.9 Å². The van der Waals surface area contributed by atoms with E-state index in [1.165, 1.54) is 5.56 Å². The van der Waals surface area contributed by atoms with E-state index in [4.69, 9.17) is 5.14 Å². The van der Waals surface area contributed by atoms with Crippen molar-refractivity contribution in [3.8, 4) is 0 Å². The highest BCUT2D eigenvalue weighted by Crippen LogP contribution is 2.23. The van der Waals surface area contributed by atoms with E-state index in [1.54, 1.807) is 0 Å². The largest absolute Gasteiger partial charge is 0.226 e. The van der Waals surface area contributed by atoms with Gasteiger partial charge in [-0.3, -0.25) is 0 Å². The molecule has 1 aromatic rings. The molecule has 1 rings (SSSR count). The van der Waals surface area contributed by atoms with Crippen molar-refractivity contribution in [1.82, 2.24) is 0 Å². The molecule has 0 bridgehead atoms. The number of hydrogen-bond donors (Lipinski definition) is 1. The van der Waals surface area contributed by atoms with E-state index < -0.39 is 9.64 Å². The summed E-state index contributed by atoms with van der Waals surface area (Å²) in [6.45, 7) is 4.35. The van der Waals surface area contributed by atoms with Crippen LogP contribution in [0.5, 0.6) is 0 Å². The molecule has 5 heteroatoms. The quantitative estimate of drug-likeness (QED) is 0.824. The van der Waals surface area contributed by atoms with E-state index in [0.717, 1.165) is 12.0 Å².